The van der Waals surface area contributed by atoms with Gasteiger partial charge in [0.05, 0.1) is 31.9 Å². The molecule has 5 nitrogen and oxygen atoms in total. The average Bonchev–Trinajstić information content (AvgIpc) is 3.21. The van der Waals surface area contributed by atoms with Gasteiger partial charge in [0.2, 0.25) is 0 Å². The van der Waals surface area contributed by atoms with Crippen molar-refractivity contribution in [1.82, 2.24) is 5.32 Å². The Morgan fingerprint density at radius 2 is 1.63 bits per heavy atom. The quantitative estimate of drug-likeness (QED) is 0.800. The molecular formula is C21H24ClNO4. The summed E-state index contributed by atoms with van der Waals surface area (Å²) in [6.07, 6.45) is 0. The summed E-state index contributed by atoms with van der Waals surface area (Å²) in [6, 6.07) is 11.2. The molecule has 0 heterocycles. The summed E-state index contributed by atoms with van der Waals surface area (Å²) in [5.74, 6) is 1.72. The maximum Gasteiger partial charge on any atom is 0.255 e. The van der Waals surface area contributed by atoms with Crippen LogP contribution in [0.4, 0.5) is 0 Å². The molecule has 0 spiro atoms. The fourth-order valence-electron chi connectivity index (χ4n) is 3.60. The highest BCUT2D eigenvalue weighted by atomic mass is 35.5. The van der Waals surface area contributed by atoms with E-state index in [-0.39, 0.29) is 23.3 Å². The van der Waals surface area contributed by atoms with Gasteiger partial charge in [0.25, 0.3) is 5.91 Å². The van der Waals surface area contributed by atoms with Crippen LogP contribution >= 0.6 is 11.6 Å². The molecular weight excluding hydrogens is 366 g/mol. The largest absolute Gasteiger partial charge is 0.497 e. The summed E-state index contributed by atoms with van der Waals surface area (Å²) in [7, 11) is 4.68. The molecule has 1 N–H and O–H groups in total. The first kappa shape index (κ1) is 19.4. The Kier molecular flexibility index (Phi) is 5.24. The highest BCUT2D eigenvalue weighted by Gasteiger charge is 2.59. The highest BCUT2D eigenvalue weighted by Crippen LogP contribution is 2.58. The number of halogens is 1. The molecule has 0 saturated heterocycles. The number of hydrogen-bond donors (Lipinski definition) is 1. The van der Waals surface area contributed by atoms with Crippen LogP contribution in [0.15, 0.2) is 36.4 Å². The van der Waals surface area contributed by atoms with E-state index in [0.717, 1.165) is 5.75 Å². The van der Waals surface area contributed by atoms with Crippen LogP contribution in [0.2, 0.25) is 5.02 Å². The van der Waals surface area contributed by atoms with Crippen molar-refractivity contribution in [3.63, 3.8) is 0 Å². The van der Waals surface area contributed by atoms with Gasteiger partial charge in [-0.25, -0.2) is 0 Å². The molecule has 1 aliphatic carbocycles. The second-order valence-corrected chi connectivity index (χ2v) is 7.62. The Balaban J connectivity index is 1.80. The monoisotopic (exact) mass is 389 g/mol. The molecule has 0 unspecified atom stereocenters. The number of methoxy groups -OCH3 is 3. The van der Waals surface area contributed by atoms with Crippen LogP contribution in [0.1, 0.15) is 35.7 Å². The van der Waals surface area contributed by atoms with Crippen molar-refractivity contribution < 1.29 is 19.0 Å². The van der Waals surface area contributed by atoms with E-state index in [1.54, 1.807) is 19.2 Å². The predicted octanol–water partition coefficient (Wildman–Crippen LogP) is 4.29. The van der Waals surface area contributed by atoms with Gasteiger partial charge >= 0.3 is 0 Å². The molecule has 144 valence electrons. The lowest BCUT2D eigenvalue weighted by Crippen LogP contribution is -2.29. The second kappa shape index (κ2) is 7.31. The number of amides is 1. The molecule has 0 radical (unpaired) electrons. The lowest BCUT2D eigenvalue weighted by Gasteiger charge is -2.13. The number of rotatable bonds is 6. The Hall–Kier alpha value is -2.40. The van der Waals surface area contributed by atoms with Gasteiger partial charge in [-0.1, -0.05) is 37.6 Å². The third-order valence-corrected chi connectivity index (χ3v) is 5.60. The van der Waals surface area contributed by atoms with Crippen LogP contribution in [0, 0.1) is 5.41 Å². The van der Waals surface area contributed by atoms with Crippen molar-refractivity contribution in [2.45, 2.75) is 25.8 Å². The molecule has 6 heteroatoms. The van der Waals surface area contributed by atoms with Crippen LogP contribution < -0.4 is 19.5 Å². The zero-order valence-corrected chi connectivity index (χ0v) is 16.9. The molecule has 1 amide bonds. The van der Waals surface area contributed by atoms with E-state index in [1.807, 2.05) is 24.3 Å². The van der Waals surface area contributed by atoms with E-state index in [2.05, 4.69) is 19.2 Å². The van der Waals surface area contributed by atoms with E-state index >= 15 is 0 Å². The fourth-order valence-corrected chi connectivity index (χ4v) is 3.84. The number of carbonyl (C=O) groups excluding carboxylic acids is 1. The summed E-state index contributed by atoms with van der Waals surface area (Å²) in [6.45, 7) is 4.29. The number of hydrogen-bond acceptors (Lipinski definition) is 4. The van der Waals surface area contributed by atoms with Crippen LogP contribution in [0.3, 0.4) is 0 Å². The SMILES string of the molecule is COc1ccc([C@H]2[C@H](NC(=O)c3cc(Cl)c(OC)cc3OC)C2(C)C)cc1. The zero-order valence-electron chi connectivity index (χ0n) is 16.1. The third kappa shape index (κ3) is 3.56. The maximum atomic E-state index is 12.9. The predicted molar refractivity (Wildman–Crippen MR) is 105 cm³/mol. The zero-order chi connectivity index (χ0) is 19.8. The molecule has 2 aromatic carbocycles. The smallest absolute Gasteiger partial charge is 0.255 e. The molecule has 0 bridgehead atoms. The summed E-state index contributed by atoms with van der Waals surface area (Å²) < 4.78 is 15.7. The van der Waals surface area contributed by atoms with Gasteiger partial charge in [-0.2, -0.15) is 0 Å². The molecule has 27 heavy (non-hydrogen) atoms. The van der Waals surface area contributed by atoms with Crippen molar-refractivity contribution in [2.75, 3.05) is 21.3 Å². The van der Waals surface area contributed by atoms with E-state index in [9.17, 15) is 4.79 Å². The maximum absolute atomic E-state index is 12.9. The molecule has 1 saturated carbocycles. The average molecular weight is 390 g/mol. The summed E-state index contributed by atoms with van der Waals surface area (Å²) in [4.78, 5) is 12.9. The van der Waals surface area contributed by atoms with Gasteiger partial charge in [-0.3, -0.25) is 4.79 Å². The minimum absolute atomic E-state index is 0.0176. The lowest BCUT2D eigenvalue weighted by atomic mass is 10.0. The number of nitrogens with one attached hydrogen (secondary N) is 1. The lowest BCUT2D eigenvalue weighted by molar-refractivity contribution is 0.0943. The molecule has 2 atom stereocenters. The van der Waals surface area contributed by atoms with Crippen molar-refractivity contribution >= 4 is 17.5 Å². The fraction of sp³-hybridized carbons (Fsp3) is 0.381. The van der Waals surface area contributed by atoms with E-state index in [1.165, 1.54) is 19.8 Å². The normalized spacial score (nSPS) is 19.9. The van der Waals surface area contributed by atoms with E-state index in [0.29, 0.717) is 22.1 Å². The summed E-state index contributed by atoms with van der Waals surface area (Å²) in [5, 5.41) is 3.49. The van der Waals surface area contributed by atoms with Crippen molar-refractivity contribution in [3.8, 4) is 17.2 Å². The molecule has 0 aliphatic heterocycles. The van der Waals surface area contributed by atoms with Crippen molar-refractivity contribution in [3.05, 3.63) is 52.5 Å². The van der Waals surface area contributed by atoms with Crippen LogP contribution in [-0.2, 0) is 0 Å². The molecule has 3 rings (SSSR count). The van der Waals surface area contributed by atoms with Crippen LogP contribution in [0.5, 0.6) is 17.2 Å². The van der Waals surface area contributed by atoms with Gasteiger partial charge in [0, 0.05) is 18.0 Å². The van der Waals surface area contributed by atoms with Crippen LogP contribution in [-0.4, -0.2) is 33.3 Å². The molecule has 1 aliphatic rings. The summed E-state index contributed by atoms with van der Waals surface area (Å²) >= 11 is 6.19. The first-order valence-corrected chi connectivity index (χ1v) is 9.07. The summed E-state index contributed by atoms with van der Waals surface area (Å²) in [5.41, 5.74) is 1.51. The number of ether oxygens (including phenoxy) is 3. The third-order valence-electron chi connectivity index (χ3n) is 5.31. The standard InChI is InChI=1S/C21H24ClNO4/c1-21(2)18(12-6-8-13(25-3)9-7-12)19(21)23-20(24)14-10-15(22)17(27-5)11-16(14)26-4/h6-11,18-19H,1-5H3,(H,23,24)/t18-,19-/m0/s1. The Bertz CT molecular complexity index is 848. The van der Waals surface area contributed by atoms with Gasteiger partial charge in [0.1, 0.15) is 17.2 Å². The van der Waals surface area contributed by atoms with Gasteiger partial charge < -0.3 is 19.5 Å². The minimum atomic E-state index is -0.217. The number of benzene rings is 2. The van der Waals surface area contributed by atoms with Gasteiger partial charge in [-0.15, -0.1) is 0 Å². The highest BCUT2D eigenvalue weighted by molar-refractivity contribution is 6.32. The van der Waals surface area contributed by atoms with E-state index < -0.39 is 0 Å². The van der Waals surface area contributed by atoms with Gasteiger partial charge in [-0.05, 0) is 29.2 Å². The first-order chi connectivity index (χ1) is 12.8. The molecule has 2 aromatic rings. The Morgan fingerprint density at radius 3 is 2.19 bits per heavy atom. The Labute approximate surface area is 164 Å². The van der Waals surface area contributed by atoms with Crippen LogP contribution in [0.25, 0.3) is 0 Å². The minimum Gasteiger partial charge on any atom is -0.497 e. The number of carbonyl (C=O) groups is 1. The molecule has 1 fully saturated rings. The Morgan fingerprint density at radius 1 is 1.00 bits per heavy atom. The van der Waals surface area contributed by atoms with Gasteiger partial charge in [0.15, 0.2) is 0 Å². The topological polar surface area (TPSA) is 56.8 Å². The van der Waals surface area contributed by atoms with Crippen molar-refractivity contribution in [1.29, 1.82) is 0 Å². The van der Waals surface area contributed by atoms with Crippen molar-refractivity contribution in [2.24, 2.45) is 5.41 Å². The van der Waals surface area contributed by atoms with E-state index in [4.69, 9.17) is 25.8 Å². The first-order valence-electron chi connectivity index (χ1n) is 8.69. The second-order valence-electron chi connectivity index (χ2n) is 7.21. The molecule has 0 aromatic heterocycles.